The van der Waals surface area contributed by atoms with Crippen molar-refractivity contribution < 1.29 is 27.2 Å². The maximum Gasteiger partial charge on any atom is 0.391 e. The van der Waals surface area contributed by atoms with Crippen molar-refractivity contribution in [3.05, 3.63) is 46.8 Å². The highest BCUT2D eigenvalue weighted by Crippen LogP contribution is 2.34. The van der Waals surface area contributed by atoms with Crippen molar-refractivity contribution in [1.29, 1.82) is 5.41 Å². The van der Waals surface area contributed by atoms with Gasteiger partial charge in [0.2, 0.25) is 5.91 Å². The Kier molecular flexibility index (Phi) is 12.0. The summed E-state index contributed by atoms with van der Waals surface area (Å²) in [5, 5.41) is 13.0. The van der Waals surface area contributed by atoms with E-state index in [0.29, 0.717) is 48.7 Å². The van der Waals surface area contributed by atoms with Gasteiger partial charge in [-0.05, 0) is 44.7 Å². The molecule has 1 aromatic rings. The monoisotopic (exact) mass is 595 g/mol. The van der Waals surface area contributed by atoms with E-state index in [4.69, 9.17) is 16.1 Å². The Labute approximate surface area is 243 Å². The van der Waals surface area contributed by atoms with Gasteiger partial charge in [-0.15, -0.1) is 0 Å². The molecule has 1 saturated heterocycles. The highest BCUT2D eigenvalue weighted by Gasteiger charge is 2.42. The molecule has 42 heavy (non-hydrogen) atoms. The van der Waals surface area contributed by atoms with Gasteiger partial charge in [-0.25, -0.2) is 9.37 Å². The molecular weight excluding hydrogens is 554 g/mol. The molecule has 0 spiro atoms. The summed E-state index contributed by atoms with van der Waals surface area (Å²) < 4.78 is 56.8. The van der Waals surface area contributed by atoms with Crippen LogP contribution in [0.2, 0.25) is 0 Å². The normalized spacial score (nSPS) is 19.4. The van der Waals surface area contributed by atoms with Crippen LogP contribution in [0, 0.1) is 11.3 Å². The van der Waals surface area contributed by atoms with Crippen LogP contribution in [0.3, 0.4) is 0 Å². The topological polar surface area (TPSA) is 129 Å². The predicted octanol–water partition coefficient (Wildman–Crippen LogP) is 4.14. The molecule has 3 rings (SSSR count). The Morgan fingerprint density at radius 1 is 1.29 bits per heavy atom. The molecule has 0 radical (unpaired) electrons. The Hall–Kier alpha value is -3.32. The minimum atomic E-state index is -4.36. The molecule has 2 amide bonds. The van der Waals surface area contributed by atoms with E-state index in [1.165, 1.54) is 12.3 Å². The van der Waals surface area contributed by atoms with Crippen molar-refractivity contribution in [2.45, 2.75) is 84.2 Å². The third-order valence-corrected chi connectivity index (χ3v) is 7.44. The van der Waals surface area contributed by atoms with E-state index in [9.17, 15) is 22.8 Å². The van der Waals surface area contributed by atoms with Crippen LogP contribution in [0.5, 0.6) is 0 Å². The number of imidazole rings is 1. The lowest BCUT2D eigenvalue weighted by molar-refractivity contribution is -0.184. The van der Waals surface area contributed by atoms with Gasteiger partial charge in [0, 0.05) is 44.3 Å². The van der Waals surface area contributed by atoms with Crippen LogP contribution in [-0.2, 0) is 29.1 Å². The largest absolute Gasteiger partial charge is 0.391 e. The summed E-state index contributed by atoms with van der Waals surface area (Å²) in [4.78, 5) is 32.0. The van der Waals surface area contributed by atoms with E-state index in [1.54, 1.807) is 21.6 Å². The zero-order valence-electron chi connectivity index (χ0n) is 24.2. The molecule has 0 saturated carbocycles. The molecule has 5 N–H and O–H groups in total. The van der Waals surface area contributed by atoms with Crippen molar-refractivity contribution >= 4 is 23.6 Å². The summed E-state index contributed by atoms with van der Waals surface area (Å²) in [5.74, 6) is -2.48. The number of hydrogen-bond acceptors (Lipinski definition) is 6. The lowest BCUT2D eigenvalue weighted by Crippen LogP contribution is -2.52. The molecule has 2 unspecified atom stereocenters. The van der Waals surface area contributed by atoms with Crippen LogP contribution in [0.25, 0.3) is 5.57 Å². The highest BCUT2D eigenvalue weighted by atomic mass is 19.4. The summed E-state index contributed by atoms with van der Waals surface area (Å²) >= 11 is 0. The number of aromatic nitrogens is 2. The number of hydrogen-bond donors (Lipinski definition) is 4. The second kappa shape index (κ2) is 15.2. The van der Waals surface area contributed by atoms with Gasteiger partial charge in [-0.2, -0.15) is 13.2 Å². The quantitative estimate of drug-likeness (QED) is 0.201. The molecule has 2 atom stereocenters. The van der Waals surface area contributed by atoms with Crippen LogP contribution >= 0.6 is 0 Å². The van der Waals surface area contributed by atoms with Crippen LogP contribution in [0.4, 0.5) is 17.6 Å². The number of rotatable bonds is 13. The second-order valence-electron chi connectivity index (χ2n) is 10.5. The zero-order valence-corrected chi connectivity index (χ0v) is 24.2. The summed E-state index contributed by atoms with van der Waals surface area (Å²) in [6.07, 6.45) is 2.28. The fourth-order valence-electron chi connectivity index (χ4n) is 5.30. The molecule has 1 aliphatic carbocycles. The fourth-order valence-corrected chi connectivity index (χ4v) is 5.30. The standard InChI is InChI=1S/C29H41F4N7O2/c1-3-6-26(41)39(13-4-2)14-10-25-38-27(23(18-35)40(25)15-11-34)19-7-5-8-21(22(30)16-19)28(42)37-24-17-20(9-12-36-24)29(31,32)33/h5,7,11,16,20,24,34,36H,3-4,6,8-10,12-15,17-18,35H2,1-2H3,(H,37,42). The Morgan fingerprint density at radius 2 is 2.05 bits per heavy atom. The van der Waals surface area contributed by atoms with Crippen molar-refractivity contribution in [3.8, 4) is 0 Å². The first-order valence-electron chi connectivity index (χ1n) is 14.5. The van der Waals surface area contributed by atoms with Crippen molar-refractivity contribution in [3.63, 3.8) is 0 Å². The van der Waals surface area contributed by atoms with Gasteiger partial charge in [-0.3, -0.25) is 14.9 Å². The van der Waals surface area contributed by atoms with Gasteiger partial charge in [0.05, 0.1) is 35.6 Å². The molecule has 0 bridgehead atoms. The minimum absolute atomic E-state index is 0.0567. The Bertz CT molecular complexity index is 1220. The van der Waals surface area contributed by atoms with Crippen molar-refractivity contribution in [2.75, 3.05) is 19.6 Å². The van der Waals surface area contributed by atoms with Crippen LogP contribution < -0.4 is 16.4 Å². The number of carbonyl (C=O) groups excluding carboxylic acids is 2. The van der Waals surface area contributed by atoms with E-state index in [1.807, 2.05) is 13.8 Å². The molecule has 2 aliphatic rings. The summed E-state index contributed by atoms with van der Waals surface area (Å²) in [6.45, 7) is 5.34. The zero-order chi connectivity index (χ0) is 30.9. The lowest BCUT2D eigenvalue weighted by atomic mass is 9.95. The number of piperidine rings is 1. The molecular formula is C29H41F4N7O2. The molecule has 232 valence electrons. The number of nitrogens with zero attached hydrogens (tertiary/aromatic N) is 3. The third-order valence-electron chi connectivity index (χ3n) is 7.44. The number of halogens is 4. The minimum Gasteiger partial charge on any atom is -0.342 e. The van der Waals surface area contributed by atoms with Crippen molar-refractivity contribution in [2.24, 2.45) is 11.7 Å². The lowest BCUT2D eigenvalue weighted by Gasteiger charge is -2.32. The maximum absolute atomic E-state index is 15.5. The van der Waals surface area contributed by atoms with Crippen LogP contribution in [-0.4, -0.2) is 64.5 Å². The van der Waals surface area contributed by atoms with Gasteiger partial charge in [0.1, 0.15) is 11.7 Å². The molecule has 1 aliphatic heterocycles. The Morgan fingerprint density at radius 3 is 2.69 bits per heavy atom. The number of nitrogens with two attached hydrogens (primary N) is 1. The van der Waals surface area contributed by atoms with Crippen LogP contribution in [0.15, 0.2) is 29.6 Å². The van der Waals surface area contributed by atoms with E-state index >= 15 is 4.39 Å². The summed E-state index contributed by atoms with van der Waals surface area (Å²) in [6, 6.07) is 0. The first-order chi connectivity index (χ1) is 20.0. The second-order valence-corrected chi connectivity index (χ2v) is 10.5. The number of allylic oxidation sites excluding steroid dienone is 5. The van der Waals surface area contributed by atoms with E-state index < -0.39 is 30.0 Å². The summed E-state index contributed by atoms with van der Waals surface area (Å²) in [5.41, 5.74) is 7.25. The SMILES string of the molecule is CCCC(=O)N(CCC)CCc1nc(C2=CC(F)=C(C(=O)NC3CC(C(F)(F)F)CCN3)CC=C2)c(CN)n1CC=N. The third kappa shape index (κ3) is 8.37. The van der Waals surface area contributed by atoms with Gasteiger partial charge in [0.15, 0.2) is 0 Å². The molecule has 1 aromatic heterocycles. The number of nitrogens with one attached hydrogen (secondary N) is 3. The number of amides is 2. The molecule has 0 aromatic carbocycles. The number of alkyl halides is 3. The van der Waals surface area contributed by atoms with Crippen molar-refractivity contribution in [1.82, 2.24) is 25.1 Å². The molecule has 9 nitrogen and oxygen atoms in total. The smallest absolute Gasteiger partial charge is 0.342 e. The van der Waals surface area contributed by atoms with Gasteiger partial charge < -0.3 is 25.9 Å². The summed E-state index contributed by atoms with van der Waals surface area (Å²) in [7, 11) is 0. The number of carbonyl (C=O) groups is 2. The average Bonchev–Trinajstić information content (AvgIpc) is 3.16. The Balaban J connectivity index is 1.86. The molecule has 1 fully saturated rings. The molecule has 2 heterocycles. The first-order valence-corrected chi connectivity index (χ1v) is 14.5. The maximum atomic E-state index is 15.5. The van der Waals surface area contributed by atoms with Gasteiger partial charge in [0.25, 0.3) is 5.91 Å². The molecule has 13 heteroatoms. The van der Waals surface area contributed by atoms with E-state index in [0.717, 1.165) is 12.8 Å². The predicted molar refractivity (Wildman–Crippen MR) is 153 cm³/mol. The first kappa shape index (κ1) is 33.2. The van der Waals surface area contributed by atoms with Crippen LogP contribution in [0.1, 0.15) is 69.6 Å². The van der Waals surface area contributed by atoms with E-state index in [2.05, 4.69) is 10.6 Å². The average molecular weight is 596 g/mol. The van der Waals surface area contributed by atoms with Gasteiger partial charge >= 0.3 is 6.18 Å². The van der Waals surface area contributed by atoms with Gasteiger partial charge in [-0.1, -0.05) is 26.0 Å². The highest BCUT2D eigenvalue weighted by molar-refractivity contribution is 5.96. The van der Waals surface area contributed by atoms with E-state index in [-0.39, 0.29) is 50.4 Å². The fraction of sp³-hybridized carbons (Fsp3) is 0.586.